The molecule has 2 fully saturated rings. The Morgan fingerprint density at radius 3 is 2.37 bits per heavy atom. The number of hydrogen-bond acceptors (Lipinski definition) is 3. The van der Waals surface area contributed by atoms with Crippen LogP contribution in [-0.4, -0.2) is 60.6 Å². The van der Waals surface area contributed by atoms with Crippen LogP contribution < -0.4 is 5.32 Å². The third kappa shape index (κ3) is 4.17. The number of hydrogen-bond donors (Lipinski definition) is 1. The van der Waals surface area contributed by atoms with Crippen molar-refractivity contribution >= 4 is 0 Å². The summed E-state index contributed by atoms with van der Waals surface area (Å²) in [5.41, 5.74) is 0. The molecule has 0 saturated carbocycles. The van der Waals surface area contributed by atoms with E-state index in [-0.39, 0.29) is 0 Å². The number of nitrogens with zero attached hydrogens (tertiary/aromatic N) is 2. The Bertz CT molecular complexity index is 248. The lowest BCUT2D eigenvalue weighted by Crippen LogP contribution is -2.54. The summed E-state index contributed by atoms with van der Waals surface area (Å²) in [7, 11) is 0. The van der Waals surface area contributed by atoms with Gasteiger partial charge in [-0.05, 0) is 65.2 Å². The van der Waals surface area contributed by atoms with E-state index in [0.29, 0.717) is 0 Å². The molecule has 2 rings (SSSR count). The minimum Gasteiger partial charge on any atom is -0.314 e. The summed E-state index contributed by atoms with van der Waals surface area (Å²) in [5, 5.41) is 3.63. The molecule has 3 heteroatoms. The van der Waals surface area contributed by atoms with Crippen molar-refractivity contribution in [2.24, 2.45) is 0 Å². The zero-order chi connectivity index (χ0) is 13.7. The molecule has 0 bridgehead atoms. The molecule has 19 heavy (non-hydrogen) atoms. The largest absolute Gasteiger partial charge is 0.314 e. The molecule has 0 aromatic rings. The van der Waals surface area contributed by atoms with Crippen LogP contribution in [0.15, 0.2) is 0 Å². The molecule has 0 aromatic heterocycles. The highest BCUT2D eigenvalue weighted by atomic mass is 15.2. The first-order chi connectivity index (χ1) is 9.24. The molecule has 2 saturated heterocycles. The maximum absolute atomic E-state index is 3.63. The minimum atomic E-state index is 0.761. The van der Waals surface area contributed by atoms with Gasteiger partial charge in [-0.2, -0.15) is 0 Å². The lowest BCUT2D eigenvalue weighted by molar-refractivity contribution is 0.0476. The van der Waals surface area contributed by atoms with Gasteiger partial charge >= 0.3 is 0 Å². The monoisotopic (exact) mass is 267 g/mol. The van der Waals surface area contributed by atoms with Crippen molar-refractivity contribution in [2.75, 3.05) is 32.7 Å². The normalized spacial score (nSPS) is 31.7. The topological polar surface area (TPSA) is 18.5 Å². The average molecular weight is 267 g/mol. The van der Waals surface area contributed by atoms with Crippen LogP contribution in [-0.2, 0) is 0 Å². The van der Waals surface area contributed by atoms with E-state index in [1.165, 1.54) is 58.3 Å². The second kappa shape index (κ2) is 7.61. The fourth-order valence-electron chi connectivity index (χ4n) is 4.00. The fraction of sp³-hybridized carbons (Fsp3) is 1.00. The van der Waals surface area contributed by atoms with Gasteiger partial charge in [0.05, 0.1) is 0 Å². The first-order valence-electron chi connectivity index (χ1n) is 8.46. The second-order valence-electron chi connectivity index (χ2n) is 6.44. The zero-order valence-corrected chi connectivity index (χ0v) is 13.2. The van der Waals surface area contributed by atoms with Crippen LogP contribution in [0, 0.1) is 0 Å². The molecule has 2 aliphatic heterocycles. The van der Waals surface area contributed by atoms with Gasteiger partial charge in [-0.25, -0.2) is 0 Å². The van der Waals surface area contributed by atoms with Crippen molar-refractivity contribution in [3.05, 3.63) is 0 Å². The van der Waals surface area contributed by atoms with Crippen molar-refractivity contribution in [1.82, 2.24) is 15.1 Å². The van der Waals surface area contributed by atoms with Crippen LogP contribution in [0.25, 0.3) is 0 Å². The Labute approximate surface area is 119 Å². The lowest BCUT2D eigenvalue weighted by Gasteiger charge is -2.45. The predicted molar refractivity (Wildman–Crippen MR) is 82.6 cm³/mol. The third-order valence-electron chi connectivity index (χ3n) is 4.99. The molecular weight excluding hydrogens is 234 g/mol. The molecule has 2 unspecified atom stereocenters. The molecule has 0 aliphatic carbocycles. The van der Waals surface area contributed by atoms with Gasteiger partial charge in [0.1, 0.15) is 0 Å². The van der Waals surface area contributed by atoms with Gasteiger partial charge in [0, 0.05) is 24.7 Å². The standard InChI is InChI=1S/C16H33N3/c1-4-9-18-10-7-16(8-11-18)19-12-6-15(17-5-2)13-14(19)3/h14-17H,4-13H2,1-3H3. The summed E-state index contributed by atoms with van der Waals surface area (Å²) in [6.07, 6.45) is 6.75. The molecule has 2 atom stereocenters. The molecular formula is C16H33N3. The minimum absolute atomic E-state index is 0.761. The summed E-state index contributed by atoms with van der Waals surface area (Å²) < 4.78 is 0. The van der Waals surface area contributed by atoms with Gasteiger partial charge in [0.25, 0.3) is 0 Å². The predicted octanol–water partition coefficient (Wildman–Crippen LogP) is 2.32. The molecule has 1 N–H and O–H groups in total. The van der Waals surface area contributed by atoms with Crippen LogP contribution >= 0.6 is 0 Å². The van der Waals surface area contributed by atoms with Crippen molar-refractivity contribution < 1.29 is 0 Å². The Morgan fingerprint density at radius 1 is 1.05 bits per heavy atom. The zero-order valence-electron chi connectivity index (χ0n) is 13.2. The van der Waals surface area contributed by atoms with E-state index in [1.807, 2.05) is 0 Å². The number of piperidine rings is 2. The smallest absolute Gasteiger partial charge is 0.0122 e. The summed E-state index contributed by atoms with van der Waals surface area (Å²) in [6, 6.07) is 2.38. The van der Waals surface area contributed by atoms with Gasteiger partial charge in [-0.1, -0.05) is 13.8 Å². The lowest BCUT2D eigenvalue weighted by atomic mass is 9.93. The second-order valence-corrected chi connectivity index (χ2v) is 6.44. The highest BCUT2D eigenvalue weighted by Crippen LogP contribution is 2.25. The number of rotatable bonds is 5. The number of nitrogens with one attached hydrogen (secondary N) is 1. The summed E-state index contributed by atoms with van der Waals surface area (Å²) in [4.78, 5) is 5.45. The van der Waals surface area contributed by atoms with Crippen LogP contribution in [0.1, 0.15) is 52.9 Å². The van der Waals surface area contributed by atoms with Crippen LogP contribution in [0.3, 0.4) is 0 Å². The van der Waals surface area contributed by atoms with Crippen LogP contribution in [0.5, 0.6) is 0 Å². The summed E-state index contributed by atoms with van der Waals surface area (Å²) in [6.45, 7) is 13.3. The molecule has 0 spiro atoms. The van der Waals surface area contributed by atoms with Gasteiger partial charge < -0.3 is 10.2 Å². The van der Waals surface area contributed by atoms with Crippen LogP contribution in [0.4, 0.5) is 0 Å². The molecule has 112 valence electrons. The molecule has 3 nitrogen and oxygen atoms in total. The summed E-state index contributed by atoms with van der Waals surface area (Å²) >= 11 is 0. The molecule has 0 aromatic carbocycles. The SMILES string of the molecule is CCCN1CCC(N2CCC(NCC)CC2C)CC1. The van der Waals surface area contributed by atoms with Crippen molar-refractivity contribution in [3.8, 4) is 0 Å². The summed E-state index contributed by atoms with van der Waals surface area (Å²) in [5.74, 6) is 0. The maximum Gasteiger partial charge on any atom is 0.0122 e. The Balaban J connectivity index is 1.77. The van der Waals surface area contributed by atoms with Gasteiger partial charge in [-0.3, -0.25) is 4.90 Å². The molecule has 0 amide bonds. The quantitative estimate of drug-likeness (QED) is 0.825. The molecule has 0 radical (unpaired) electrons. The average Bonchev–Trinajstić information content (AvgIpc) is 2.41. The van der Waals surface area contributed by atoms with E-state index >= 15 is 0 Å². The highest BCUT2D eigenvalue weighted by molar-refractivity contribution is 4.89. The highest BCUT2D eigenvalue weighted by Gasteiger charge is 2.31. The van der Waals surface area contributed by atoms with E-state index in [2.05, 4.69) is 35.9 Å². The van der Waals surface area contributed by atoms with Crippen LogP contribution in [0.2, 0.25) is 0 Å². The first kappa shape index (κ1) is 15.3. The van der Waals surface area contributed by atoms with Crippen molar-refractivity contribution in [3.63, 3.8) is 0 Å². The first-order valence-corrected chi connectivity index (χ1v) is 8.46. The Kier molecular flexibility index (Phi) is 6.11. The third-order valence-corrected chi connectivity index (χ3v) is 4.99. The van der Waals surface area contributed by atoms with Gasteiger partial charge in [0.2, 0.25) is 0 Å². The Hall–Kier alpha value is -0.120. The van der Waals surface area contributed by atoms with Gasteiger partial charge in [0.15, 0.2) is 0 Å². The maximum atomic E-state index is 3.63. The van der Waals surface area contributed by atoms with E-state index in [4.69, 9.17) is 0 Å². The molecule has 2 aliphatic rings. The van der Waals surface area contributed by atoms with E-state index in [9.17, 15) is 0 Å². The van der Waals surface area contributed by atoms with Crippen molar-refractivity contribution in [2.45, 2.75) is 71.0 Å². The van der Waals surface area contributed by atoms with E-state index < -0.39 is 0 Å². The van der Waals surface area contributed by atoms with Gasteiger partial charge in [-0.15, -0.1) is 0 Å². The van der Waals surface area contributed by atoms with Crippen molar-refractivity contribution in [1.29, 1.82) is 0 Å². The molecule has 2 heterocycles. The number of likely N-dealkylation sites (tertiary alicyclic amines) is 2. The van der Waals surface area contributed by atoms with E-state index in [0.717, 1.165) is 24.7 Å². The fourth-order valence-corrected chi connectivity index (χ4v) is 4.00. The van der Waals surface area contributed by atoms with E-state index in [1.54, 1.807) is 0 Å². The Morgan fingerprint density at radius 2 is 1.79 bits per heavy atom.